The molecule has 0 saturated heterocycles. The molecule has 0 spiro atoms. The SMILES string of the molecule is COC(=O)c1c(NC(=O)CSc2nnc(/C=C/c3ccccc3)o2)sc2c1CCC(C)C2. The number of nitrogens with one attached hydrogen (secondary N) is 1. The van der Waals surface area contributed by atoms with Gasteiger partial charge in [0.25, 0.3) is 5.22 Å². The molecule has 7 nitrogen and oxygen atoms in total. The van der Waals surface area contributed by atoms with Crippen LogP contribution in [0.4, 0.5) is 5.00 Å². The number of thioether (sulfide) groups is 1. The van der Waals surface area contributed by atoms with Crippen molar-refractivity contribution in [3.05, 3.63) is 57.8 Å². The second-order valence-corrected chi connectivity index (χ2v) is 9.57. The Hall–Kier alpha value is -2.91. The van der Waals surface area contributed by atoms with E-state index in [1.165, 1.54) is 18.4 Å². The number of carbonyl (C=O) groups is 2. The average molecular weight is 470 g/mol. The number of benzene rings is 1. The van der Waals surface area contributed by atoms with E-state index in [0.717, 1.165) is 47.0 Å². The Bertz CT molecular complexity index is 1140. The summed E-state index contributed by atoms with van der Waals surface area (Å²) in [7, 11) is 1.36. The third-order valence-corrected chi connectivity index (χ3v) is 7.11. The Morgan fingerprint density at radius 1 is 1.28 bits per heavy atom. The predicted octanol–water partition coefficient (Wildman–Crippen LogP) is 4.94. The molecule has 1 aliphatic rings. The lowest BCUT2D eigenvalue weighted by Crippen LogP contribution is -2.17. The van der Waals surface area contributed by atoms with E-state index >= 15 is 0 Å². The number of nitrogens with zero attached hydrogens (tertiary/aromatic N) is 2. The Morgan fingerprint density at radius 2 is 2.09 bits per heavy atom. The number of amides is 1. The van der Waals surface area contributed by atoms with Gasteiger partial charge in [0.2, 0.25) is 11.8 Å². The summed E-state index contributed by atoms with van der Waals surface area (Å²) in [5, 5.41) is 11.7. The van der Waals surface area contributed by atoms with E-state index in [9.17, 15) is 9.59 Å². The zero-order chi connectivity index (χ0) is 22.5. The lowest BCUT2D eigenvalue weighted by atomic mass is 9.88. The normalized spacial score (nSPS) is 15.5. The minimum Gasteiger partial charge on any atom is -0.465 e. The monoisotopic (exact) mass is 469 g/mol. The molecular formula is C23H23N3O4S2. The van der Waals surface area contributed by atoms with E-state index < -0.39 is 5.97 Å². The molecule has 2 aromatic heterocycles. The van der Waals surface area contributed by atoms with Crippen LogP contribution in [-0.4, -0.2) is 34.9 Å². The molecule has 0 bridgehead atoms. The lowest BCUT2D eigenvalue weighted by molar-refractivity contribution is -0.113. The number of aromatic nitrogens is 2. The summed E-state index contributed by atoms with van der Waals surface area (Å²) in [5.74, 6) is 0.361. The first kappa shape index (κ1) is 22.3. The van der Waals surface area contributed by atoms with Gasteiger partial charge in [-0.1, -0.05) is 49.0 Å². The summed E-state index contributed by atoms with van der Waals surface area (Å²) in [6.07, 6.45) is 6.36. The number of carbonyl (C=O) groups excluding carboxylic acids is 2. The summed E-state index contributed by atoms with van der Waals surface area (Å²) in [5.41, 5.74) is 2.52. The van der Waals surface area contributed by atoms with E-state index in [0.29, 0.717) is 27.6 Å². The minimum atomic E-state index is -0.410. The van der Waals surface area contributed by atoms with Crippen molar-refractivity contribution in [1.29, 1.82) is 0 Å². The number of hydrogen-bond donors (Lipinski definition) is 1. The Kier molecular flexibility index (Phi) is 7.06. The number of methoxy groups -OCH3 is 1. The predicted molar refractivity (Wildman–Crippen MR) is 126 cm³/mol. The molecule has 1 aliphatic carbocycles. The molecule has 4 rings (SSSR count). The highest BCUT2D eigenvalue weighted by atomic mass is 32.2. The fourth-order valence-corrected chi connectivity index (χ4v) is 5.51. The molecule has 1 N–H and O–H groups in total. The second kappa shape index (κ2) is 10.1. The van der Waals surface area contributed by atoms with Gasteiger partial charge in [0.15, 0.2) is 0 Å². The number of ether oxygens (including phenoxy) is 1. The molecular weight excluding hydrogens is 446 g/mol. The largest absolute Gasteiger partial charge is 0.465 e. The first-order valence-corrected chi connectivity index (χ1v) is 12.1. The first-order valence-electron chi connectivity index (χ1n) is 10.3. The van der Waals surface area contributed by atoms with Crippen LogP contribution in [0.5, 0.6) is 0 Å². The maximum atomic E-state index is 12.6. The van der Waals surface area contributed by atoms with Crippen molar-refractivity contribution in [3.8, 4) is 0 Å². The van der Waals surface area contributed by atoms with Gasteiger partial charge in [-0.05, 0) is 42.4 Å². The van der Waals surface area contributed by atoms with Crippen molar-refractivity contribution >= 4 is 52.1 Å². The van der Waals surface area contributed by atoms with Crippen LogP contribution in [0.1, 0.15) is 45.6 Å². The van der Waals surface area contributed by atoms with Crippen molar-refractivity contribution in [3.63, 3.8) is 0 Å². The van der Waals surface area contributed by atoms with Crippen LogP contribution in [0.2, 0.25) is 0 Å². The fraction of sp³-hybridized carbons (Fsp3) is 0.304. The van der Waals surface area contributed by atoms with Crippen LogP contribution in [0.3, 0.4) is 0 Å². The van der Waals surface area contributed by atoms with Crippen molar-refractivity contribution in [2.24, 2.45) is 5.92 Å². The van der Waals surface area contributed by atoms with Gasteiger partial charge in [-0.3, -0.25) is 4.79 Å². The van der Waals surface area contributed by atoms with Crippen LogP contribution in [0, 0.1) is 5.92 Å². The van der Waals surface area contributed by atoms with Crippen LogP contribution < -0.4 is 5.32 Å². The molecule has 9 heteroatoms. The Balaban J connectivity index is 1.38. The summed E-state index contributed by atoms with van der Waals surface area (Å²) in [4.78, 5) is 26.1. The molecule has 0 fully saturated rings. The number of anilines is 1. The lowest BCUT2D eigenvalue weighted by Gasteiger charge is -2.18. The zero-order valence-electron chi connectivity index (χ0n) is 17.8. The van der Waals surface area contributed by atoms with E-state index in [4.69, 9.17) is 9.15 Å². The first-order chi connectivity index (χ1) is 15.5. The van der Waals surface area contributed by atoms with Crippen LogP contribution in [0.15, 0.2) is 40.0 Å². The molecule has 32 heavy (non-hydrogen) atoms. The summed E-state index contributed by atoms with van der Waals surface area (Å²) >= 11 is 2.61. The Morgan fingerprint density at radius 3 is 2.88 bits per heavy atom. The third-order valence-electron chi connectivity index (χ3n) is 5.12. The molecule has 0 saturated carbocycles. The van der Waals surface area contributed by atoms with Gasteiger partial charge in [-0.2, -0.15) is 0 Å². The van der Waals surface area contributed by atoms with Gasteiger partial charge in [-0.25, -0.2) is 4.79 Å². The molecule has 3 aromatic rings. The van der Waals surface area contributed by atoms with Gasteiger partial charge < -0.3 is 14.5 Å². The highest BCUT2D eigenvalue weighted by molar-refractivity contribution is 7.99. The number of thiophene rings is 1. The summed E-state index contributed by atoms with van der Waals surface area (Å²) < 4.78 is 10.5. The Labute approximate surface area is 194 Å². The highest BCUT2D eigenvalue weighted by Gasteiger charge is 2.28. The second-order valence-electron chi connectivity index (χ2n) is 7.53. The molecule has 1 aromatic carbocycles. The van der Waals surface area contributed by atoms with E-state index in [1.54, 1.807) is 6.08 Å². The van der Waals surface area contributed by atoms with E-state index in [-0.39, 0.29) is 11.7 Å². The molecule has 1 atom stereocenters. The van der Waals surface area contributed by atoms with E-state index in [1.807, 2.05) is 36.4 Å². The molecule has 166 valence electrons. The average Bonchev–Trinajstić information content (AvgIpc) is 3.40. The molecule has 2 heterocycles. The number of esters is 1. The number of fused-ring (bicyclic) bond motifs is 1. The molecule has 0 aliphatic heterocycles. The van der Waals surface area contributed by atoms with Gasteiger partial charge in [0.1, 0.15) is 5.00 Å². The van der Waals surface area contributed by atoms with Crippen molar-refractivity contribution in [2.45, 2.75) is 31.4 Å². The van der Waals surface area contributed by atoms with Crippen molar-refractivity contribution in [1.82, 2.24) is 10.2 Å². The maximum Gasteiger partial charge on any atom is 0.341 e. The highest BCUT2D eigenvalue weighted by Crippen LogP contribution is 2.40. The van der Waals surface area contributed by atoms with Crippen molar-refractivity contribution < 1.29 is 18.7 Å². The fourth-order valence-electron chi connectivity index (χ4n) is 3.52. The summed E-state index contributed by atoms with van der Waals surface area (Å²) in [6, 6.07) is 9.79. The molecule has 0 radical (unpaired) electrons. The van der Waals surface area contributed by atoms with Gasteiger partial charge in [0, 0.05) is 11.0 Å². The topological polar surface area (TPSA) is 94.3 Å². The minimum absolute atomic E-state index is 0.0869. The van der Waals surface area contributed by atoms with Crippen LogP contribution >= 0.6 is 23.1 Å². The van der Waals surface area contributed by atoms with E-state index in [2.05, 4.69) is 22.4 Å². The van der Waals surface area contributed by atoms with Gasteiger partial charge >= 0.3 is 5.97 Å². The third kappa shape index (κ3) is 5.28. The number of hydrogen-bond acceptors (Lipinski definition) is 8. The van der Waals surface area contributed by atoms with Gasteiger partial charge in [0.05, 0.1) is 18.4 Å². The van der Waals surface area contributed by atoms with Gasteiger partial charge in [-0.15, -0.1) is 21.5 Å². The smallest absolute Gasteiger partial charge is 0.341 e. The standard InChI is InChI=1S/C23H23N3O4S2/c1-14-8-10-16-17(12-14)32-21(20(16)22(28)29-2)24-18(27)13-31-23-26-25-19(30-23)11-9-15-6-4-3-5-7-15/h3-7,9,11,14H,8,10,12-13H2,1-2H3,(H,24,27)/b11-9+. The molecule has 1 amide bonds. The molecule has 1 unspecified atom stereocenters. The zero-order valence-corrected chi connectivity index (χ0v) is 19.4. The maximum absolute atomic E-state index is 12.6. The van der Waals surface area contributed by atoms with Crippen molar-refractivity contribution in [2.75, 3.05) is 18.2 Å². The quantitative estimate of drug-likeness (QED) is 0.387. The number of rotatable bonds is 7. The van der Waals surface area contributed by atoms with Crippen LogP contribution in [0.25, 0.3) is 12.2 Å². The summed E-state index contributed by atoms with van der Waals surface area (Å²) in [6.45, 7) is 2.20. The van der Waals surface area contributed by atoms with Crippen LogP contribution in [-0.2, 0) is 22.4 Å².